The van der Waals surface area contributed by atoms with Gasteiger partial charge in [0.05, 0.1) is 5.25 Å². The van der Waals surface area contributed by atoms with Crippen molar-refractivity contribution in [3.05, 3.63) is 0 Å². The van der Waals surface area contributed by atoms with Gasteiger partial charge >= 0.3 is 6.18 Å². The zero-order chi connectivity index (χ0) is 14.8. The minimum atomic E-state index is -4.40. The van der Waals surface area contributed by atoms with Crippen LogP contribution in [0.3, 0.4) is 0 Å². The van der Waals surface area contributed by atoms with Gasteiger partial charge in [0.2, 0.25) is 11.1 Å². The number of amides is 1. The number of halogens is 3. The standard InChI is InChI=1S/C10H14F3N5OS/c1-7(8(19)17-4-2-3-5-17)20-9-14-15-16-18(9)6-10(11,12)13/h7H,2-6H2,1H3/t7-/m1/s1. The molecule has 2 rings (SSSR count). The molecule has 112 valence electrons. The van der Waals surface area contributed by atoms with E-state index >= 15 is 0 Å². The van der Waals surface area contributed by atoms with Gasteiger partial charge in [-0.3, -0.25) is 4.79 Å². The first-order valence-corrected chi connectivity index (χ1v) is 7.03. The molecule has 20 heavy (non-hydrogen) atoms. The topological polar surface area (TPSA) is 63.9 Å². The van der Waals surface area contributed by atoms with E-state index in [1.54, 1.807) is 11.8 Å². The quantitative estimate of drug-likeness (QED) is 0.785. The molecule has 2 heterocycles. The number of nitrogens with zero attached hydrogens (tertiary/aromatic N) is 5. The molecule has 0 N–H and O–H groups in total. The van der Waals surface area contributed by atoms with Gasteiger partial charge in [0, 0.05) is 13.1 Å². The number of likely N-dealkylation sites (tertiary alicyclic amines) is 1. The molecule has 0 spiro atoms. The van der Waals surface area contributed by atoms with Crippen molar-refractivity contribution in [2.24, 2.45) is 0 Å². The van der Waals surface area contributed by atoms with E-state index in [0.717, 1.165) is 24.6 Å². The van der Waals surface area contributed by atoms with Gasteiger partial charge in [-0.05, 0) is 30.2 Å². The molecule has 1 amide bonds. The van der Waals surface area contributed by atoms with Crippen molar-refractivity contribution < 1.29 is 18.0 Å². The molecule has 6 nitrogen and oxygen atoms in total. The molecule has 1 aromatic heterocycles. The molecular formula is C10H14F3N5OS. The molecule has 0 bridgehead atoms. The first kappa shape index (κ1) is 15.1. The molecule has 10 heteroatoms. The summed E-state index contributed by atoms with van der Waals surface area (Å²) in [6, 6.07) is 0. The SMILES string of the molecule is C[C@@H](Sc1nnnn1CC(F)(F)F)C(=O)N1CCCC1. The fourth-order valence-electron chi connectivity index (χ4n) is 1.95. The molecule has 1 aliphatic heterocycles. The van der Waals surface area contributed by atoms with Gasteiger partial charge < -0.3 is 4.90 Å². The van der Waals surface area contributed by atoms with Crippen molar-refractivity contribution in [2.45, 2.75) is 42.9 Å². The summed E-state index contributed by atoms with van der Waals surface area (Å²) in [4.78, 5) is 13.8. The molecule has 0 aliphatic carbocycles. The van der Waals surface area contributed by atoms with E-state index < -0.39 is 18.0 Å². The lowest BCUT2D eigenvalue weighted by molar-refractivity contribution is -0.144. The van der Waals surface area contributed by atoms with Gasteiger partial charge in [0.25, 0.3) is 0 Å². The Hall–Kier alpha value is -1.32. The summed E-state index contributed by atoms with van der Waals surface area (Å²) >= 11 is 0.948. The smallest absolute Gasteiger partial charge is 0.342 e. The van der Waals surface area contributed by atoms with E-state index in [-0.39, 0.29) is 11.1 Å². The minimum absolute atomic E-state index is 0.00220. The van der Waals surface area contributed by atoms with Gasteiger partial charge in [0.1, 0.15) is 6.54 Å². The highest BCUT2D eigenvalue weighted by Gasteiger charge is 2.31. The van der Waals surface area contributed by atoms with Gasteiger partial charge in [-0.25, -0.2) is 4.68 Å². The molecule has 1 aliphatic rings. The van der Waals surface area contributed by atoms with E-state index in [9.17, 15) is 18.0 Å². The Morgan fingerprint density at radius 2 is 2.05 bits per heavy atom. The summed E-state index contributed by atoms with van der Waals surface area (Å²) in [7, 11) is 0. The second-order valence-electron chi connectivity index (χ2n) is 4.53. The molecule has 0 radical (unpaired) electrons. The predicted molar refractivity (Wildman–Crippen MR) is 65.0 cm³/mol. The Bertz CT molecular complexity index is 472. The van der Waals surface area contributed by atoms with Crippen LogP contribution in [0.4, 0.5) is 13.2 Å². The molecule has 1 fully saturated rings. The van der Waals surface area contributed by atoms with Crippen molar-refractivity contribution >= 4 is 17.7 Å². The van der Waals surface area contributed by atoms with Crippen molar-refractivity contribution in [2.75, 3.05) is 13.1 Å². The normalized spacial score (nSPS) is 17.5. The Labute approximate surface area is 117 Å². The van der Waals surface area contributed by atoms with Crippen LogP contribution in [0.1, 0.15) is 19.8 Å². The van der Waals surface area contributed by atoms with Crippen molar-refractivity contribution in [3.63, 3.8) is 0 Å². The van der Waals surface area contributed by atoms with Crippen LogP contribution in [0.25, 0.3) is 0 Å². The predicted octanol–water partition coefficient (Wildman–Crippen LogP) is 1.34. The van der Waals surface area contributed by atoms with Crippen LogP contribution in [0, 0.1) is 0 Å². The summed E-state index contributed by atoms with van der Waals surface area (Å²) in [6.07, 6.45) is -2.46. The summed E-state index contributed by atoms with van der Waals surface area (Å²) in [5.41, 5.74) is 0. The largest absolute Gasteiger partial charge is 0.408 e. The van der Waals surface area contributed by atoms with Crippen LogP contribution < -0.4 is 0 Å². The third-order valence-corrected chi connectivity index (χ3v) is 3.93. The lowest BCUT2D eigenvalue weighted by Crippen LogP contribution is -2.34. The zero-order valence-corrected chi connectivity index (χ0v) is 11.6. The van der Waals surface area contributed by atoms with E-state index in [0.29, 0.717) is 17.8 Å². The van der Waals surface area contributed by atoms with Crippen molar-refractivity contribution in [3.8, 4) is 0 Å². The number of carbonyl (C=O) groups excluding carboxylic acids is 1. The highest BCUT2D eigenvalue weighted by atomic mass is 32.2. The van der Waals surface area contributed by atoms with E-state index in [1.807, 2.05) is 0 Å². The van der Waals surface area contributed by atoms with Gasteiger partial charge in [-0.2, -0.15) is 13.2 Å². The average Bonchev–Trinajstić information content (AvgIpc) is 2.98. The third-order valence-electron chi connectivity index (χ3n) is 2.88. The van der Waals surface area contributed by atoms with Crippen LogP contribution in [0.15, 0.2) is 5.16 Å². The van der Waals surface area contributed by atoms with Crippen molar-refractivity contribution in [1.82, 2.24) is 25.1 Å². The molecule has 1 saturated heterocycles. The first-order valence-electron chi connectivity index (χ1n) is 6.15. The van der Waals surface area contributed by atoms with E-state index in [2.05, 4.69) is 15.5 Å². The van der Waals surface area contributed by atoms with Crippen LogP contribution >= 0.6 is 11.8 Å². The van der Waals surface area contributed by atoms with E-state index in [1.165, 1.54) is 0 Å². The monoisotopic (exact) mass is 309 g/mol. The number of aromatic nitrogens is 4. The maximum absolute atomic E-state index is 12.3. The second kappa shape index (κ2) is 5.98. The fraction of sp³-hybridized carbons (Fsp3) is 0.800. The lowest BCUT2D eigenvalue weighted by Gasteiger charge is -2.19. The van der Waals surface area contributed by atoms with Gasteiger partial charge in [-0.15, -0.1) is 5.10 Å². The van der Waals surface area contributed by atoms with Gasteiger partial charge in [0.15, 0.2) is 0 Å². The van der Waals surface area contributed by atoms with Crippen LogP contribution in [-0.2, 0) is 11.3 Å². The summed E-state index contributed by atoms with van der Waals surface area (Å²) in [5, 5.41) is 9.57. The Morgan fingerprint density at radius 1 is 1.40 bits per heavy atom. The molecule has 0 unspecified atom stereocenters. The first-order chi connectivity index (χ1) is 9.37. The molecular weight excluding hydrogens is 295 g/mol. The van der Waals surface area contributed by atoms with Crippen LogP contribution in [-0.4, -0.2) is 55.5 Å². The zero-order valence-electron chi connectivity index (χ0n) is 10.8. The Kier molecular flexibility index (Phi) is 4.51. The van der Waals surface area contributed by atoms with Gasteiger partial charge in [-0.1, -0.05) is 11.8 Å². The summed E-state index contributed by atoms with van der Waals surface area (Å²) in [5.74, 6) is -0.0888. The highest BCUT2D eigenvalue weighted by molar-refractivity contribution is 8.00. The van der Waals surface area contributed by atoms with Crippen LogP contribution in [0.2, 0.25) is 0 Å². The van der Waals surface area contributed by atoms with E-state index in [4.69, 9.17) is 0 Å². The number of carbonyl (C=O) groups is 1. The van der Waals surface area contributed by atoms with Crippen LogP contribution in [0.5, 0.6) is 0 Å². The molecule has 1 atom stereocenters. The molecule has 1 aromatic rings. The minimum Gasteiger partial charge on any atom is -0.342 e. The summed E-state index contributed by atoms with van der Waals surface area (Å²) in [6.45, 7) is 1.80. The molecule has 0 aromatic carbocycles. The maximum Gasteiger partial charge on any atom is 0.408 e. The third kappa shape index (κ3) is 3.84. The second-order valence-corrected chi connectivity index (χ2v) is 5.83. The number of hydrogen-bond acceptors (Lipinski definition) is 5. The summed E-state index contributed by atoms with van der Waals surface area (Å²) < 4.78 is 37.7. The number of thioether (sulfide) groups is 1. The number of hydrogen-bond donors (Lipinski definition) is 0. The fourth-order valence-corrected chi connectivity index (χ4v) is 2.83. The average molecular weight is 309 g/mol. The molecule has 0 saturated carbocycles. The number of tetrazole rings is 1. The highest BCUT2D eigenvalue weighted by Crippen LogP contribution is 2.25. The number of rotatable bonds is 4. The Morgan fingerprint density at radius 3 is 2.65 bits per heavy atom. The van der Waals surface area contributed by atoms with Crippen molar-refractivity contribution in [1.29, 1.82) is 0 Å². The number of alkyl halides is 3. The maximum atomic E-state index is 12.3. The Balaban J connectivity index is 1.99. The lowest BCUT2D eigenvalue weighted by atomic mass is 10.4.